The van der Waals surface area contributed by atoms with Gasteiger partial charge >= 0.3 is 0 Å². The Bertz CT molecular complexity index is 508. The van der Waals surface area contributed by atoms with E-state index in [1.165, 1.54) is 16.9 Å². The van der Waals surface area contributed by atoms with Gasteiger partial charge in [0.25, 0.3) is 0 Å². The molecule has 2 aromatic rings. The van der Waals surface area contributed by atoms with E-state index in [-0.39, 0.29) is 0 Å². The van der Waals surface area contributed by atoms with Crippen molar-refractivity contribution in [3.8, 4) is 11.8 Å². The van der Waals surface area contributed by atoms with Crippen LogP contribution in [-0.2, 0) is 6.42 Å². The molecule has 0 amide bonds. The molecule has 3 nitrogen and oxygen atoms in total. The summed E-state index contributed by atoms with van der Waals surface area (Å²) in [5.74, 6) is 6.02. The fourth-order valence-electron chi connectivity index (χ4n) is 1.27. The van der Waals surface area contributed by atoms with Crippen LogP contribution >= 0.6 is 11.3 Å². The van der Waals surface area contributed by atoms with E-state index in [2.05, 4.69) is 34.2 Å². The Kier molecular flexibility index (Phi) is 3.52. The molecule has 0 unspecified atom stereocenters. The second-order valence-electron chi connectivity index (χ2n) is 3.23. The predicted molar refractivity (Wildman–Crippen MR) is 66.0 cm³/mol. The number of nitrogen functional groups attached to an aromatic ring is 1. The average molecular weight is 229 g/mol. The summed E-state index contributed by atoms with van der Waals surface area (Å²) in [6.45, 7) is 0. The lowest BCUT2D eigenvalue weighted by molar-refractivity contribution is 1.03. The third-order valence-corrected chi connectivity index (χ3v) is 2.69. The van der Waals surface area contributed by atoms with Crippen molar-refractivity contribution in [2.24, 2.45) is 0 Å². The van der Waals surface area contributed by atoms with Gasteiger partial charge in [-0.25, -0.2) is 0 Å². The van der Waals surface area contributed by atoms with Crippen LogP contribution in [0.5, 0.6) is 0 Å². The van der Waals surface area contributed by atoms with Crippen LogP contribution in [0.2, 0.25) is 0 Å². The van der Waals surface area contributed by atoms with Crippen LogP contribution in [0.3, 0.4) is 0 Å². The largest absolute Gasteiger partial charge is 0.374 e. The Morgan fingerprint density at radius 2 is 2.00 bits per heavy atom. The second-order valence-corrected chi connectivity index (χ2v) is 4.24. The minimum Gasteiger partial charge on any atom is -0.374 e. The van der Waals surface area contributed by atoms with Gasteiger partial charge in [0.2, 0.25) is 5.13 Å². The summed E-state index contributed by atoms with van der Waals surface area (Å²) in [4.78, 5) is 0. The molecule has 0 radical (unpaired) electrons. The lowest BCUT2D eigenvalue weighted by Crippen LogP contribution is -1.81. The molecule has 1 aromatic carbocycles. The van der Waals surface area contributed by atoms with Crippen LogP contribution < -0.4 is 5.73 Å². The van der Waals surface area contributed by atoms with Gasteiger partial charge in [0.1, 0.15) is 0 Å². The normalized spacial score (nSPS) is 9.50. The molecular formula is C12H11N3S. The minimum absolute atomic E-state index is 0.465. The molecule has 0 spiro atoms. The maximum Gasteiger partial charge on any atom is 0.203 e. The molecule has 0 saturated carbocycles. The Balaban J connectivity index is 1.87. The zero-order valence-corrected chi connectivity index (χ0v) is 9.50. The SMILES string of the molecule is Nc1nnc(C#CCCc2ccccc2)s1. The Morgan fingerprint density at radius 1 is 1.19 bits per heavy atom. The molecule has 0 saturated heterocycles. The van der Waals surface area contributed by atoms with Gasteiger partial charge in [0.15, 0.2) is 5.01 Å². The number of rotatable bonds is 2. The summed E-state index contributed by atoms with van der Waals surface area (Å²) in [6.07, 6.45) is 1.78. The standard InChI is InChI=1S/C12H11N3S/c13-12-15-14-11(16-12)9-5-4-8-10-6-2-1-3-7-10/h1-3,6-7H,4,8H2,(H2,13,15). The van der Waals surface area contributed by atoms with E-state index in [0.29, 0.717) is 10.1 Å². The number of nitrogens with zero attached hydrogens (tertiary/aromatic N) is 2. The summed E-state index contributed by atoms with van der Waals surface area (Å²) in [5.41, 5.74) is 6.75. The van der Waals surface area contributed by atoms with Crippen molar-refractivity contribution in [1.29, 1.82) is 0 Å². The number of nitrogens with two attached hydrogens (primary N) is 1. The highest BCUT2D eigenvalue weighted by Crippen LogP contribution is 2.09. The third-order valence-electron chi connectivity index (χ3n) is 2.02. The van der Waals surface area contributed by atoms with Gasteiger partial charge in [-0.2, -0.15) is 0 Å². The van der Waals surface area contributed by atoms with E-state index in [9.17, 15) is 0 Å². The van der Waals surface area contributed by atoms with E-state index in [1.807, 2.05) is 18.2 Å². The van der Waals surface area contributed by atoms with E-state index >= 15 is 0 Å². The van der Waals surface area contributed by atoms with E-state index < -0.39 is 0 Å². The summed E-state index contributed by atoms with van der Waals surface area (Å²) >= 11 is 1.32. The highest BCUT2D eigenvalue weighted by atomic mass is 32.1. The fraction of sp³-hybridized carbons (Fsp3) is 0.167. The summed E-state index contributed by atoms with van der Waals surface area (Å²) in [6, 6.07) is 10.3. The van der Waals surface area contributed by atoms with Gasteiger partial charge in [-0.3, -0.25) is 0 Å². The zero-order valence-electron chi connectivity index (χ0n) is 8.68. The number of aromatic nitrogens is 2. The van der Waals surface area contributed by atoms with Gasteiger partial charge in [0, 0.05) is 6.42 Å². The highest BCUT2D eigenvalue weighted by molar-refractivity contribution is 7.15. The Labute approximate surface area is 98.3 Å². The van der Waals surface area contributed by atoms with Gasteiger partial charge in [0.05, 0.1) is 0 Å². The molecule has 2 rings (SSSR count). The molecule has 0 atom stereocenters. The van der Waals surface area contributed by atoms with Crippen LogP contribution in [0.25, 0.3) is 0 Å². The Morgan fingerprint density at radius 3 is 2.69 bits per heavy atom. The maximum absolute atomic E-state index is 5.45. The van der Waals surface area contributed by atoms with Crippen LogP contribution in [0, 0.1) is 11.8 Å². The van der Waals surface area contributed by atoms with Gasteiger partial charge in [-0.05, 0) is 17.9 Å². The molecule has 80 valence electrons. The molecule has 16 heavy (non-hydrogen) atoms. The Hall–Kier alpha value is -1.86. The first-order valence-electron chi connectivity index (χ1n) is 4.96. The van der Waals surface area contributed by atoms with Crippen LogP contribution in [0.15, 0.2) is 30.3 Å². The van der Waals surface area contributed by atoms with Crippen molar-refractivity contribution in [3.63, 3.8) is 0 Å². The van der Waals surface area contributed by atoms with Crippen molar-refractivity contribution in [1.82, 2.24) is 10.2 Å². The summed E-state index contributed by atoms with van der Waals surface area (Å²) in [5, 5.41) is 8.68. The number of hydrogen-bond acceptors (Lipinski definition) is 4. The number of aryl methyl sites for hydroxylation is 1. The monoisotopic (exact) mass is 229 g/mol. The van der Waals surface area contributed by atoms with Crippen LogP contribution in [0.4, 0.5) is 5.13 Å². The first-order chi connectivity index (χ1) is 7.84. The van der Waals surface area contributed by atoms with Crippen LogP contribution in [-0.4, -0.2) is 10.2 Å². The van der Waals surface area contributed by atoms with Crippen molar-refractivity contribution in [3.05, 3.63) is 40.9 Å². The first-order valence-corrected chi connectivity index (χ1v) is 5.78. The quantitative estimate of drug-likeness (QED) is 0.802. The molecule has 0 aliphatic carbocycles. The zero-order chi connectivity index (χ0) is 11.2. The molecule has 1 aromatic heterocycles. The van der Waals surface area contributed by atoms with Crippen molar-refractivity contribution in [2.75, 3.05) is 5.73 Å². The number of hydrogen-bond donors (Lipinski definition) is 1. The summed E-state index contributed by atoms with van der Waals surface area (Å²) in [7, 11) is 0. The maximum atomic E-state index is 5.45. The molecule has 0 aliphatic rings. The molecule has 1 heterocycles. The second kappa shape index (κ2) is 5.29. The molecule has 0 bridgehead atoms. The molecular weight excluding hydrogens is 218 g/mol. The van der Waals surface area contributed by atoms with E-state index in [0.717, 1.165) is 12.8 Å². The molecule has 4 heteroatoms. The first kappa shape index (κ1) is 10.7. The van der Waals surface area contributed by atoms with Gasteiger partial charge < -0.3 is 5.73 Å². The smallest absolute Gasteiger partial charge is 0.203 e. The van der Waals surface area contributed by atoms with E-state index in [1.54, 1.807) is 0 Å². The predicted octanol–water partition coefficient (Wildman–Crippen LogP) is 2.10. The van der Waals surface area contributed by atoms with Gasteiger partial charge in [-0.1, -0.05) is 47.6 Å². The van der Waals surface area contributed by atoms with Crippen molar-refractivity contribution < 1.29 is 0 Å². The van der Waals surface area contributed by atoms with Crippen molar-refractivity contribution in [2.45, 2.75) is 12.8 Å². The number of anilines is 1. The van der Waals surface area contributed by atoms with Crippen LogP contribution in [0.1, 0.15) is 17.0 Å². The fourth-order valence-corrected chi connectivity index (χ4v) is 1.76. The average Bonchev–Trinajstić information content (AvgIpc) is 2.72. The minimum atomic E-state index is 0.465. The van der Waals surface area contributed by atoms with Gasteiger partial charge in [-0.15, -0.1) is 10.2 Å². The lowest BCUT2D eigenvalue weighted by Gasteiger charge is -1.94. The lowest BCUT2D eigenvalue weighted by atomic mass is 10.1. The van der Waals surface area contributed by atoms with Crippen molar-refractivity contribution >= 4 is 16.5 Å². The number of benzene rings is 1. The molecule has 0 fully saturated rings. The third kappa shape index (κ3) is 3.07. The summed E-state index contributed by atoms with van der Waals surface area (Å²) < 4.78 is 0. The highest BCUT2D eigenvalue weighted by Gasteiger charge is 1.94. The van der Waals surface area contributed by atoms with E-state index in [4.69, 9.17) is 5.73 Å². The molecule has 2 N–H and O–H groups in total. The topological polar surface area (TPSA) is 51.8 Å². The molecule has 0 aliphatic heterocycles.